The number of anilines is 6. The maximum absolute atomic E-state index is 2.40. The van der Waals surface area contributed by atoms with E-state index in [1.54, 1.807) is 0 Å². The normalized spacial score (nSPS) is 11.5. The van der Waals surface area contributed by atoms with Crippen molar-refractivity contribution >= 4 is 123 Å². The molecule has 0 unspecified atom stereocenters. The summed E-state index contributed by atoms with van der Waals surface area (Å²) in [4.78, 5) is 14.7. The van der Waals surface area contributed by atoms with Gasteiger partial charge in [0.2, 0.25) is 0 Å². The Morgan fingerprint density at radius 1 is 0.129 bits per heavy atom. The number of thiophene rings is 4. The number of benzene rings is 18. The molecular formula is C124H82N4S4. The Labute approximate surface area is 783 Å². The lowest BCUT2D eigenvalue weighted by Crippen LogP contribution is -2.09. The molecule has 132 heavy (non-hydrogen) atoms. The van der Waals surface area contributed by atoms with Gasteiger partial charge in [0.05, 0.1) is 22.1 Å². The van der Waals surface area contributed by atoms with E-state index in [0.717, 1.165) is 56.6 Å². The molecule has 0 fully saturated rings. The van der Waals surface area contributed by atoms with E-state index in [-0.39, 0.29) is 0 Å². The minimum absolute atomic E-state index is 1.07. The molecule has 0 aliphatic heterocycles. The van der Waals surface area contributed by atoms with Gasteiger partial charge in [0, 0.05) is 106 Å². The third-order valence-electron chi connectivity index (χ3n) is 25.5. The Morgan fingerprint density at radius 2 is 0.333 bits per heavy atom. The van der Waals surface area contributed by atoms with E-state index >= 15 is 0 Å². The Bertz CT molecular complexity index is 8290. The summed E-state index contributed by atoms with van der Waals surface area (Å²) in [5.41, 5.74) is 34.9. The van der Waals surface area contributed by atoms with Crippen molar-refractivity contribution in [3.63, 3.8) is 0 Å². The zero-order valence-electron chi connectivity index (χ0n) is 71.8. The molecule has 0 aliphatic carbocycles. The van der Waals surface area contributed by atoms with Crippen LogP contribution in [-0.4, -0.2) is 9.13 Å². The molecule has 18 aromatic carbocycles. The molecule has 0 saturated heterocycles. The molecule has 4 nitrogen and oxygen atoms in total. The predicted molar refractivity (Wildman–Crippen MR) is 567 cm³/mol. The van der Waals surface area contributed by atoms with Crippen LogP contribution in [0.4, 0.5) is 34.1 Å². The fraction of sp³-hybridized carbons (Fsp3) is 0. The second-order valence-electron chi connectivity index (χ2n) is 33.5. The van der Waals surface area contributed by atoms with Gasteiger partial charge in [-0.3, -0.25) is 0 Å². The molecule has 0 bridgehead atoms. The first-order valence-electron chi connectivity index (χ1n) is 44.7. The number of fused-ring (bicyclic) bond motifs is 6. The Balaban J connectivity index is 0.491. The maximum Gasteiger partial charge on any atom is 0.0541 e. The summed E-state index contributed by atoms with van der Waals surface area (Å²) in [5, 5.41) is 4.91. The summed E-state index contributed by atoms with van der Waals surface area (Å²) >= 11 is 7.33. The van der Waals surface area contributed by atoms with Gasteiger partial charge in [0.25, 0.3) is 0 Å². The summed E-state index contributed by atoms with van der Waals surface area (Å²) in [6.45, 7) is 0. The van der Waals surface area contributed by atoms with E-state index in [9.17, 15) is 0 Å². The number of hydrogen-bond acceptors (Lipinski definition) is 6. The second-order valence-corrected chi connectivity index (χ2v) is 37.8. The molecule has 24 rings (SSSR count). The largest absolute Gasteiger partial charge is 0.311 e. The van der Waals surface area contributed by atoms with Gasteiger partial charge < -0.3 is 18.9 Å². The molecule has 0 spiro atoms. The Morgan fingerprint density at radius 3 is 0.674 bits per heavy atom. The third-order valence-corrected chi connectivity index (χ3v) is 30.3. The minimum atomic E-state index is 1.07. The van der Waals surface area contributed by atoms with Crippen molar-refractivity contribution in [3.8, 4) is 151 Å². The van der Waals surface area contributed by atoms with Gasteiger partial charge in [-0.25, -0.2) is 0 Å². The van der Waals surface area contributed by atoms with Gasteiger partial charge in [0.15, 0.2) is 0 Å². The number of rotatable bonds is 21. The van der Waals surface area contributed by atoms with E-state index in [0.29, 0.717) is 0 Å². The highest BCUT2D eigenvalue weighted by molar-refractivity contribution is 7.20. The van der Waals surface area contributed by atoms with Crippen LogP contribution in [0, 0.1) is 0 Å². The summed E-state index contributed by atoms with van der Waals surface area (Å²) in [7, 11) is 0. The lowest BCUT2D eigenvalue weighted by Gasteiger charge is -2.26. The molecule has 622 valence electrons. The predicted octanol–water partition coefficient (Wildman–Crippen LogP) is 36.7. The van der Waals surface area contributed by atoms with Crippen LogP contribution in [0.15, 0.2) is 497 Å². The molecule has 0 atom stereocenters. The zero-order valence-corrected chi connectivity index (χ0v) is 75.0. The third kappa shape index (κ3) is 15.3. The molecule has 6 aromatic heterocycles. The minimum Gasteiger partial charge on any atom is -0.311 e. The fourth-order valence-electron chi connectivity index (χ4n) is 18.8. The smallest absolute Gasteiger partial charge is 0.0541 e. The van der Waals surface area contributed by atoms with Gasteiger partial charge in [-0.1, -0.05) is 297 Å². The average molecular weight is 1760 g/mol. The van der Waals surface area contributed by atoms with Crippen molar-refractivity contribution in [1.82, 2.24) is 9.13 Å². The molecule has 24 aromatic rings. The summed E-state index contributed by atoms with van der Waals surface area (Å²) in [6, 6.07) is 183. The number of hydrogen-bond donors (Lipinski definition) is 0. The lowest BCUT2D eigenvalue weighted by molar-refractivity contribution is 1.18. The van der Waals surface area contributed by atoms with Crippen molar-refractivity contribution in [2.75, 3.05) is 9.80 Å². The van der Waals surface area contributed by atoms with Crippen LogP contribution >= 0.6 is 45.3 Å². The molecule has 0 N–H and O–H groups in total. The van der Waals surface area contributed by atoms with Crippen LogP contribution in [0.3, 0.4) is 0 Å². The van der Waals surface area contributed by atoms with Gasteiger partial charge in [-0.15, -0.1) is 45.3 Å². The number of nitrogens with zero attached hydrogens (tertiary/aromatic N) is 4. The van der Waals surface area contributed by atoms with Crippen molar-refractivity contribution < 1.29 is 0 Å². The van der Waals surface area contributed by atoms with Crippen LogP contribution < -0.4 is 9.80 Å². The van der Waals surface area contributed by atoms with Crippen molar-refractivity contribution in [1.29, 1.82) is 0 Å². The topological polar surface area (TPSA) is 16.3 Å². The van der Waals surface area contributed by atoms with E-state index < -0.39 is 0 Å². The number of para-hydroxylation sites is 2. The monoisotopic (exact) mass is 1750 g/mol. The zero-order chi connectivity index (χ0) is 87.4. The second kappa shape index (κ2) is 34.5. The summed E-state index contributed by atoms with van der Waals surface area (Å²) < 4.78 is 4.80. The van der Waals surface area contributed by atoms with Gasteiger partial charge >= 0.3 is 0 Å². The van der Waals surface area contributed by atoms with Crippen molar-refractivity contribution in [3.05, 3.63) is 497 Å². The van der Waals surface area contributed by atoms with Gasteiger partial charge in [-0.2, -0.15) is 0 Å². The molecule has 0 radical (unpaired) electrons. The quantitative estimate of drug-likeness (QED) is 0.0713. The lowest BCUT2D eigenvalue weighted by atomic mass is 10.00. The first-order valence-corrected chi connectivity index (χ1v) is 48.0. The fourth-order valence-corrected chi connectivity index (χ4v) is 22.9. The highest BCUT2D eigenvalue weighted by atomic mass is 32.1. The first kappa shape index (κ1) is 79.4. The van der Waals surface area contributed by atoms with Crippen molar-refractivity contribution in [2.24, 2.45) is 0 Å². The first-order chi connectivity index (χ1) is 65.4. The van der Waals surface area contributed by atoms with Crippen LogP contribution in [0.5, 0.6) is 0 Å². The maximum atomic E-state index is 2.40. The molecule has 0 saturated carbocycles. The van der Waals surface area contributed by atoms with Crippen LogP contribution in [0.25, 0.3) is 194 Å². The van der Waals surface area contributed by atoms with E-state index in [1.807, 2.05) is 45.3 Å². The summed E-state index contributed by atoms with van der Waals surface area (Å²) in [6.07, 6.45) is 0. The SMILES string of the molecule is c1ccc(-c2ccc(-n3c4ccccc4c4cc(-c5ccc(N(c6ccc(-c7ccc(-c8ccccc8)s7)cc6)c6ccc(-c7ccc(-c8cccc(-c9cccc(-c%10ccc(-c%11ccc(N(c%12ccc(-c%13ccc%14c(c%13)c%13cc(-c%15ccccc%15)ccc%13n%14-c%13ccccc%13)cc%12)c%12ccc(-c%13ccc(-c%14ccccc%14)s%13)cc%12)cc%11)s%10)c9)c8)s7)cc6)cc5)ccc43)cc2)cc1. The standard InChI is InChI=1S/C124H82N4S4/c1-6-20-83(21-7-1)85-36-57-108(58-37-85)128-113-35-17-16-34-109(113)110-80-97(51-67-114(110)128)86-38-53-102(54-39-86)125(104-59-42-90(43-60-104)119-72-70-117(129-119)88-24-10-3-11-25-88)106-63-46-92(47-64-106)121-74-76-123(131-121)99-30-18-28-94(78-99)95-29-19-31-100(79-95)124-77-75-122(132-124)93-48-65-107(66-49-93)126(105-61-44-91(45-62-105)120-73-71-118(130-120)89-26-12-4-13-27-89)103-55-40-87(41-56-103)98-52-69-116-112(82-98)111-81-96(84-22-8-2-9-23-84)50-68-115(111)127(116)101-32-14-5-15-33-101/h1-82H. The molecule has 6 heterocycles. The van der Waals surface area contributed by atoms with Crippen LogP contribution in [0.2, 0.25) is 0 Å². The molecule has 8 heteroatoms. The van der Waals surface area contributed by atoms with E-state index in [1.165, 1.54) is 172 Å². The molecular weight excluding hydrogens is 1670 g/mol. The van der Waals surface area contributed by atoms with E-state index in [4.69, 9.17) is 0 Å². The van der Waals surface area contributed by atoms with E-state index in [2.05, 4.69) is 516 Å². The van der Waals surface area contributed by atoms with Gasteiger partial charge in [0.1, 0.15) is 0 Å². The highest BCUT2D eigenvalue weighted by Crippen LogP contribution is 2.48. The molecule has 0 amide bonds. The van der Waals surface area contributed by atoms with Gasteiger partial charge in [-0.05, 0) is 300 Å². The molecule has 0 aliphatic rings. The van der Waals surface area contributed by atoms with Crippen LogP contribution in [0.1, 0.15) is 0 Å². The Kier molecular flexibility index (Phi) is 20.8. The number of aromatic nitrogens is 2. The van der Waals surface area contributed by atoms with Crippen LogP contribution in [-0.2, 0) is 0 Å². The average Bonchev–Trinajstić information content (AvgIpc) is 1.58. The Hall–Kier alpha value is -16.0. The van der Waals surface area contributed by atoms with Crippen molar-refractivity contribution in [2.45, 2.75) is 0 Å². The highest BCUT2D eigenvalue weighted by Gasteiger charge is 2.23. The summed E-state index contributed by atoms with van der Waals surface area (Å²) in [5.74, 6) is 0.